The predicted octanol–water partition coefficient (Wildman–Crippen LogP) is 5.54. The molecule has 1 aliphatic rings. The zero-order chi connectivity index (χ0) is 17.9. The van der Waals surface area contributed by atoms with Crippen LogP contribution in [-0.4, -0.2) is 24.0 Å². The smallest absolute Gasteiger partial charge is 0.382 e. The van der Waals surface area contributed by atoms with Crippen LogP contribution in [0.25, 0.3) is 0 Å². The molecule has 1 fully saturated rings. The summed E-state index contributed by atoms with van der Waals surface area (Å²) >= 11 is 3.12. The summed E-state index contributed by atoms with van der Waals surface area (Å²) in [4.78, 5) is 2.35. The van der Waals surface area contributed by atoms with Crippen LogP contribution in [0.2, 0.25) is 0 Å². The number of nitrogens with zero attached hydrogens (tertiary/aromatic N) is 1. The van der Waals surface area contributed by atoms with Gasteiger partial charge in [-0.1, -0.05) is 46.3 Å². The molecule has 2 aromatic rings. The van der Waals surface area contributed by atoms with E-state index in [9.17, 15) is 13.2 Å². The fraction of sp³-hybridized carbons (Fsp3) is 0.368. The number of nitrogens with one attached hydrogen (secondary N) is 1. The highest BCUT2D eigenvalue weighted by molar-refractivity contribution is 9.10. The second-order valence-corrected chi connectivity index (χ2v) is 7.28. The lowest BCUT2D eigenvalue weighted by Crippen LogP contribution is -2.38. The fourth-order valence-electron chi connectivity index (χ4n) is 3.17. The third kappa shape index (κ3) is 4.98. The summed E-state index contributed by atoms with van der Waals surface area (Å²) < 4.78 is 40.1. The lowest BCUT2D eigenvalue weighted by molar-refractivity contribution is -0.137. The minimum atomic E-state index is -4.36. The first kappa shape index (κ1) is 18.3. The van der Waals surface area contributed by atoms with Crippen molar-refractivity contribution in [3.05, 3.63) is 64.1 Å². The van der Waals surface area contributed by atoms with Crippen LogP contribution in [0.3, 0.4) is 0 Å². The third-order valence-electron chi connectivity index (χ3n) is 4.48. The van der Waals surface area contributed by atoms with Crippen LogP contribution in [-0.2, 0) is 12.7 Å². The van der Waals surface area contributed by atoms with Gasteiger partial charge in [-0.3, -0.25) is 4.90 Å². The molecule has 2 nitrogen and oxygen atoms in total. The van der Waals surface area contributed by atoms with E-state index in [-0.39, 0.29) is 11.7 Å². The van der Waals surface area contributed by atoms with Gasteiger partial charge in [-0.15, -0.1) is 0 Å². The molecule has 0 saturated carbocycles. The Kier molecular flexibility index (Phi) is 5.69. The predicted molar refractivity (Wildman–Crippen MR) is 97.5 cm³/mol. The van der Waals surface area contributed by atoms with Gasteiger partial charge in [0.25, 0.3) is 0 Å². The van der Waals surface area contributed by atoms with Gasteiger partial charge in [0.2, 0.25) is 0 Å². The van der Waals surface area contributed by atoms with E-state index < -0.39 is 11.7 Å². The molecule has 0 unspecified atom stereocenters. The number of hydrogen-bond donors (Lipinski definition) is 1. The van der Waals surface area contributed by atoms with Crippen LogP contribution in [0.5, 0.6) is 0 Å². The molecular weight excluding hydrogens is 393 g/mol. The molecule has 1 heterocycles. The first-order chi connectivity index (χ1) is 11.9. The maximum Gasteiger partial charge on any atom is 0.418 e. The van der Waals surface area contributed by atoms with Gasteiger partial charge < -0.3 is 5.32 Å². The van der Waals surface area contributed by atoms with Crippen LogP contribution >= 0.6 is 15.9 Å². The van der Waals surface area contributed by atoms with Crippen molar-refractivity contribution >= 4 is 21.6 Å². The number of halogens is 4. The first-order valence-electron chi connectivity index (χ1n) is 8.31. The van der Waals surface area contributed by atoms with Crippen LogP contribution in [0, 0.1) is 0 Å². The minimum absolute atomic E-state index is 0.0642. The highest BCUT2D eigenvalue weighted by Gasteiger charge is 2.34. The normalized spacial score (nSPS) is 16.8. The van der Waals surface area contributed by atoms with E-state index in [1.54, 1.807) is 6.07 Å². The Labute approximate surface area is 154 Å². The van der Waals surface area contributed by atoms with Crippen molar-refractivity contribution in [1.82, 2.24) is 4.90 Å². The average Bonchev–Trinajstić information content (AvgIpc) is 2.58. The molecule has 0 radical (unpaired) electrons. The zero-order valence-corrected chi connectivity index (χ0v) is 15.3. The molecule has 3 rings (SSSR count). The highest BCUT2D eigenvalue weighted by atomic mass is 79.9. The Hall–Kier alpha value is -1.53. The number of rotatable bonds is 4. The summed E-state index contributed by atoms with van der Waals surface area (Å²) in [6.45, 7) is 2.65. The van der Waals surface area contributed by atoms with Crippen LogP contribution in [0.4, 0.5) is 18.9 Å². The second kappa shape index (κ2) is 7.79. The summed E-state index contributed by atoms with van der Waals surface area (Å²) in [5.74, 6) is 0. The lowest BCUT2D eigenvalue weighted by atomic mass is 10.0. The summed E-state index contributed by atoms with van der Waals surface area (Å²) in [5.41, 5.74) is 0.812. The topological polar surface area (TPSA) is 15.3 Å². The quantitative estimate of drug-likeness (QED) is 0.708. The first-order valence-corrected chi connectivity index (χ1v) is 9.11. The number of piperidine rings is 1. The van der Waals surface area contributed by atoms with Crippen molar-refractivity contribution in [2.75, 3.05) is 18.4 Å². The molecule has 6 heteroatoms. The molecule has 0 amide bonds. The number of anilines is 1. The van der Waals surface area contributed by atoms with E-state index >= 15 is 0 Å². The van der Waals surface area contributed by atoms with E-state index in [0.29, 0.717) is 4.47 Å². The van der Waals surface area contributed by atoms with Crippen molar-refractivity contribution in [3.8, 4) is 0 Å². The van der Waals surface area contributed by atoms with E-state index in [4.69, 9.17) is 0 Å². The molecule has 2 aromatic carbocycles. The summed E-state index contributed by atoms with van der Waals surface area (Å²) in [5, 5.41) is 3.10. The van der Waals surface area contributed by atoms with Gasteiger partial charge in [-0.05, 0) is 36.6 Å². The molecule has 1 saturated heterocycles. The lowest BCUT2D eigenvalue weighted by Gasteiger charge is -2.33. The Balaban J connectivity index is 1.59. The van der Waals surface area contributed by atoms with Crippen molar-refractivity contribution in [2.45, 2.75) is 31.6 Å². The Morgan fingerprint density at radius 3 is 2.36 bits per heavy atom. The maximum atomic E-state index is 13.2. The molecule has 1 aliphatic heterocycles. The molecular formula is C19H20BrF3N2. The Morgan fingerprint density at radius 1 is 1.04 bits per heavy atom. The summed E-state index contributed by atoms with van der Waals surface area (Å²) in [6, 6.07) is 14.6. The highest BCUT2D eigenvalue weighted by Crippen LogP contribution is 2.37. The molecule has 1 N–H and O–H groups in total. The van der Waals surface area contributed by atoms with Crippen LogP contribution in [0.15, 0.2) is 53.0 Å². The van der Waals surface area contributed by atoms with Gasteiger partial charge in [-0.2, -0.15) is 13.2 Å². The van der Waals surface area contributed by atoms with E-state index in [1.165, 1.54) is 11.6 Å². The average molecular weight is 413 g/mol. The summed E-state index contributed by atoms with van der Waals surface area (Å²) in [6.07, 6.45) is -2.69. The Bertz CT molecular complexity index is 696. The van der Waals surface area contributed by atoms with Crippen LogP contribution in [0.1, 0.15) is 24.0 Å². The number of alkyl halides is 3. The molecule has 0 aliphatic carbocycles. The second-order valence-electron chi connectivity index (χ2n) is 6.37. The van der Waals surface area contributed by atoms with Crippen molar-refractivity contribution < 1.29 is 13.2 Å². The number of hydrogen-bond acceptors (Lipinski definition) is 2. The third-order valence-corrected chi connectivity index (χ3v) is 4.98. The van der Waals surface area contributed by atoms with Gasteiger partial charge in [0.15, 0.2) is 0 Å². The molecule has 0 spiro atoms. The maximum absolute atomic E-state index is 13.2. The van der Waals surface area contributed by atoms with E-state index in [2.05, 4.69) is 38.3 Å². The molecule has 0 bridgehead atoms. The zero-order valence-electron chi connectivity index (χ0n) is 13.7. The standard InChI is InChI=1S/C19H20BrF3N2/c20-15-6-7-18(17(12-15)19(21,22)23)24-16-8-10-25(11-9-16)13-14-4-2-1-3-5-14/h1-7,12,16,24H,8-11,13H2. The van der Waals surface area contributed by atoms with E-state index in [0.717, 1.165) is 38.5 Å². The Morgan fingerprint density at radius 2 is 1.72 bits per heavy atom. The molecule has 0 aromatic heterocycles. The van der Waals surface area contributed by atoms with Gasteiger partial charge in [-0.25, -0.2) is 0 Å². The molecule has 25 heavy (non-hydrogen) atoms. The molecule has 0 atom stereocenters. The van der Waals surface area contributed by atoms with Crippen molar-refractivity contribution in [2.24, 2.45) is 0 Å². The summed E-state index contributed by atoms with van der Waals surface area (Å²) in [7, 11) is 0. The minimum Gasteiger partial charge on any atom is -0.382 e. The van der Waals surface area contributed by atoms with Crippen molar-refractivity contribution in [3.63, 3.8) is 0 Å². The van der Waals surface area contributed by atoms with Gasteiger partial charge in [0.05, 0.1) is 5.56 Å². The van der Waals surface area contributed by atoms with Gasteiger partial charge in [0.1, 0.15) is 0 Å². The van der Waals surface area contributed by atoms with E-state index in [1.807, 2.05) is 18.2 Å². The SMILES string of the molecule is FC(F)(F)c1cc(Br)ccc1NC1CCN(Cc2ccccc2)CC1. The van der Waals surface area contributed by atoms with Crippen LogP contribution < -0.4 is 5.32 Å². The number of benzene rings is 2. The fourth-order valence-corrected chi connectivity index (χ4v) is 3.53. The monoisotopic (exact) mass is 412 g/mol. The van der Waals surface area contributed by atoms with Crippen molar-refractivity contribution in [1.29, 1.82) is 0 Å². The number of likely N-dealkylation sites (tertiary alicyclic amines) is 1. The van der Waals surface area contributed by atoms with Gasteiger partial charge >= 0.3 is 6.18 Å². The largest absolute Gasteiger partial charge is 0.418 e. The van der Waals surface area contributed by atoms with Gasteiger partial charge in [0, 0.05) is 35.8 Å². The molecule has 134 valence electrons.